The van der Waals surface area contributed by atoms with E-state index in [1.165, 1.54) is 73.1 Å². The minimum atomic E-state index is -4.99. The average Bonchev–Trinajstić information content (AvgIpc) is 3.76. The molecule has 6 aromatic rings. The first-order chi connectivity index (χ1) is 33.2. The topological polar surface area (TPSA) is 391 Å². The number of hydrogen-bond acceptors (Lipinski definition) is 26. The zero-order valence-corrected chi connectivity index (χ0v) is 40.2. The van der Waals surface area contributed by atoms with E-state index in [4.69, 9.17) is 24.3 Å². The molecule has 2 aromatic heterocycles. The molecule has 0 bridgehead atoms. The Labute approximate surface area is 406 Å². The van der Waals surface area contributed by atoms with Gasteiger partial charge in [0.05, 0.1) is 87.8 Å². The van der Waals surface area contributed by atoms with Crippen LogP contribution in [0.3, 0.4) is 0 Å². The summed E-state index contributed by atoms with van der Waals surface area (Å²) in [6, 6.07) is 19.1. The maximum Gasteiger partial charge on any atom is 0.397 e. The lowest BCUT2D eigenvalue weighted by atomic mass is 10.0. The van der Waals surface area contributed by atoms with Crippen LogP contribution in [0.4, 0.5) is 22.7 Å². The molecule has 28 nitrogen and oxygen atoms in total. The Hall–Kier alpha value is -5.64. The van der Waals surface area contributed by atoms with Crippen molar-refractivity contribution >= 4 is 88.3 Å². The minimum absolute atomic E-state index is 0.0667. The Morgan fingerprint density at radius 3 is 1.77 bits per heavy atom. The van der Waals surface area contributed by atoms with Crippen molar-refractivity contribution in [1.82, 2.24) is 19.6 Å². The molecule has 6 rings (SSSR count). The summed E-state index contributed by atoms with van der Waals surface area (Å²) in [5, 5.41) is 71.1. The number of rotatable bonds is 24. The average molecular weight is 1090 g/mol. The van der Waals surface area contributed by atoms with Crippen molar-refractivity contribution in [3.63, 3.8) is 0 Å². The van der Waals surface area contributed by atoms with Crippen molar-refractivity contribution in [2.75, 3.05) is 24.7 Å². The summed E-state index contributed by atoms with van der Waals surface area (Å²) >= 11 is -0.711. The van der Waals surface area contributed by atoms with Gasteiger partial charge in [-0.3, -0.25) is 9.11 Å². The number of nitrogens with zero attached hydrogens (tertiary/aromatic N) is 8. The summed E-state index contributed by atoms with van der Waals surface area (Å²) in [6.07, 6.45) is 0. The lowest BCUT2D eigenvalue weighted by Crippen LogP contribution is -2.15. The highest BCUT2D eigenvalue weighted by molar-refractivity contribution is 7.95. The second-order valence-corrected chi connectivity index (χ2v) is 20.7. The van der Waals surface area contributed by atoms with Gasteiger partial charge in [-0.2, -0.15) is 51.0 Å². The Kier molecular flexibility index (Phi) is 18.0. The van der Waals surface area contributed by atoms with Crippen LogP contribution in [0.2, 0.25) is 0 Å². The Morgan fingerprint density at radius 1 is 0.671 bits per heavy atom. The van der Waals surface area contributed by atoms with Crippen molar-refractivity contribution in [2.24, 2.45) is 20.5 Å². The van der Waals surface area contributed by atoms with Gasteiger partial charge in [-0.15, -0.1) is 18.9 Å². The van der Waals surface area contributed by atoms with Crippen molar-refractivity contribution in [3.8, 4) is 34.3 Å². The molecule has 0 aliphatic rings. The van der Waals surface area contributed by atoms with E-state index in [1.54, 1.807) is 24.3 Å². The molecule has 0 saturated carbocycles. The molecule has 0 aliphatic carbocycles. The summed E-state index contributed by atoms with van der Waals surface area (Å²) < 4.78 is 122. The Balaban J connectivity index is 1.19. The molecule has 6 N–H and O–H groups in total. The molecule has 1 atom stereocenters. The lowest BCUT2D eigenvalue weighted by molar-refractivity contribution is -0.435. The maximum atomic E-state index is 12.8. The summed E-state index contributed by atoms with van der Waals surface area (Å²) in [4.78, 5) is 4.65. The summed E-state index contributed by atoms with van der Waals surface area (Å²) in [7, 11) is -13.9. The third kappa shape index (κ3) is 14.0. The first-order valence-corrected chi connectivity index (χ1v) is 26.1. The smallest absolute Gasteiger partial charge is 0.397 e. The fourth-order valence-electron chi connectivity index (χ4n) is 5.82. The Bertz CT molecular complexity index is 3260. The second kappa shape index (κ2) is 23.5. The van der Waals surface area contributed by atoms with E-state index in [-0.39, 0.29) is 73.1 Å². The second-order valence-electron chi connectivity index (χ2n) is 13.5. The highest BCUT2D eigenvalue weighted by Crippen LogP contribution is 2.41. The van der Waals surface area contributed by atoms with E-state index >= 15 is 0 Å². The normalized spacial score (nSPS) is 12.9. The molecule has 70 heavy (non-hydrogen) atoms. The van der Waals surface area contributed by atoms with E-state index in [1.807, 2.05) is 0 Å². The molecule has 0 fully saturated rings. The molecule has 0 aliphatic heterocycles. The standard InChI is InChI=1S/C36H34N8O20S6/c1-21-33(36(46)44(42-21)26-7-11-28(12-8-26)68(50,51)18-16-59-70(55,56)57)39-37-23-3-13-29(31(19-23)66-63-60-47)30-14-4-24(20-32(30)69(52,53)54)38-40-34-22(2)41-43(35(34)45)25-5-9-27(10-6-25)65-62-58-15-17-67(49)64-61-48/h3-14,19-20,45-48H,15-18H2,1-2H3,(H,52,53,54)(H,55,56,57). The van der Waals surface area contributed by atoms with Gasteiger partial charge < -0.3 is 10.2 Å². The molecule has 34 heteroatoms. The molecule has 0 spiro atoms. The third-order valence-corrected chi connectivity index (χ3v) is 14.0. The SMILES string of the molecule is Cc1nn(-c2ccc(S(=O)(=O)CCOS(=O)(=O)O)cc2)c(O)c1N=Nc1ccc(-c2ccc(N=Nc3c(C)nn(-c4ccc(SOOCCS(=O)OOO)cc4)c3O)cc2S(=O)(=O)O)c(SOOO)c1. The number of benzene rings is 4. The number of azo groups is 2. The van der Waals surface area contributed by atoms with Gasteiger partial charge in [0.2, 0.25) is 11.8 Å². The van der Waals surface area contributed by atoms with Gasteiger partial charge in [0.25, 0.3) is 10.1 Å². The first-order valence-electron chi connectivity index (χ1n) is 18.9. The maximum absolute atomic E-state index is 12.8. The minimum Gasteiger partial charge on any atom is -0.492 e. The summed E-state index contributed by atoms with van der Waals surface area (Å²) in [6.45, 7) is 2.06. The van der Waals surface area contributed by atoms with Crippen molar-refractivity contribution in [3.05, 3.63) is 96.3 Å². The zero-order chi connectivity index (χ0) is 50.8. The van der Waals surface area contributed by atoms with Gasteiger partial charge in [-0.1, -0.05) is 22.2 Å². The van der Waals surface area contributed by atoms with Crippen molar-refractivity contribution in [1.29, 1.82) is 0 Å². The monoisotopic (exact) mass is 1090 g/mol. The lowest BCUT2D eigenvalue weighted by Gasteiger charge is -2.12. The van der Waals surface area contributed by atoms with E-state index in [0.717, 1.165) is 22.8 Å². The highest BCUT2D eigenvalue weighted by Gasteiger charge is 2.23. The van der Waals surface area contributed by atoms with E-state index in [0.29, 0.717) is 22.6 Å². The molecule has 1 unspecified atom stereocenters. The van der Waals surface area contributed by atoms with Gasteiger partial charge in [-0.05, 0) is 92.2 Å². The Morgan fingerprint density at radius 2 is 1.23 bits per heavy atom. The van der Waals surface area contributed by atoms with Crippen molar-refractivity contribution < 1.29 is 91.4 Å². The number of hydrogen-bond donors (Lipinski definition) is 6. The summed E-state index contributed by atoms with van der Waals surface area (Å²) in [5.74, 6) is -1.85. The number of aromatic nitrogens is 4. The zero-order valence-electron chi connectivity index (χ0n) is 35.3. The molecule has 374 valence electrons. The van der Waals surface area contributed by atoms with Crippen LogP contribution in [0.5, 0.6) is 11.8 Å². The summed E-state index contributed by atoms with van der Waals surface area (Å²) in [5.41, 5.74) is 0.844. The fourth-order valence-corrected chi connectivity index (χ4v) is 9.36. The quantitative estimate of drug-likeness (QED) is 0.00896. The molecular weight excluding hydrogens is 1060 g/mol. The van der Waals surface area contributed by atoms with Gasteiger partial charge in [0.15, 0.2) is 32.3 Å². The molecule has 0 amide bonds. The van der Waals surface area contributed by atoms with E-state index in [2.05, 4.69) is 53.6 Å². The molecule has 2 heterocycles. The van der Waals surface area contributed by atoms with Crippen LogP contribution in [0.1, 0.15) is 11.4 Å². The van der Waals surface area contributed by atoms with Crippen LogP contribution < -0.4 is 0 Å². The number of sulfone groups is 1. The molecule has 0 radical (unpaired) electrons. The van der Waals surface area contributed by atoms with Crippen molar-refractivity contribution in [2.45, 2.75) is 33.4 Å². The van der Waals surface area contributed by atoms with Crippen LogP contribution in [0.25, 0.3) is 22.5 Å². The highest BCUT2D eigenvalue weighted by atomic mass is 32.3. The molecule has 0 saturated heterocycles. The largest absolute Gasteiger partial charge is 0.492 e. The van der Waals surface area contributed by atoms with Crippen LogP contribution in [-0.4, -0.2) is 104 Å². The fraction of sp³-hybridized carbons (Fsp3) is 0.167. The molecule has 4 aromatic carbocycles. The van der Waals surface area contributed by atoms with Crippen LogP contribution >= 0.6 is 24.1 Å². The number of aryl methyl sites for hydroxylation is 2. The predicted octanol–water partition coefficient (Wildman–Crippen LogP) is 6.89. The van der Waals surface area contributed by atoms with Crippen LogP contribution in [-0.2, 0) is 73.6 Å². The first kappa shape index (κ1) is 53.7. The van der Waals surface area contributed by atoms with Gasteiger partial charge in [0.1, 0.15) is 4.90 Å². The number of aromatic hydroxyl groups is 2. The van der Waals surface area contributed by atoms with Gasteiger partial charge in [0, 0.05) is 15.4 Å². The predicted molar refractivity (Wildman–Crippen MR) is 241 cm³/mol. The van der Waals surface area contributed by atoms with Crippen LogP contribution in [0.15, 0.2) is 125 Å². The van der Waals surface area contributed by atoms with E-state index in [9.17, 15) is 44.2 Å². The molecular formula is C36H34N8O20S6. The van der Waals surface area contributed by atoms with Gasteiger partial charge in [-0.25, -0.2) is 32.2 Å². The third-order valence-electron chi connectivity index (χ3n) is 8.92. The van der Waals surface area contributed by atoms with E-state index < -0.39 is 70.5 Å². The van der Waals surface area contributed by atoms with Crippen LogP contribution in [0, 0.1) is 13.8 Å². The van der Waals surface area contributed by atoms with Gasteiger partial charge >= 0.3 is 10.4 Å².